The number of rotatable bonds is 11. The Bertz CT molecular complexity index is 1350. The molecule has 4 rings (SSSR count). The van der Waals surface area contributed by atoms with Crippen molar-refractivity contribution < 1.29 is 18.7 Å². The summed E-state index contributed by atoms with van der Waals surface area (Å²) in [6, 6.07) is 3.13. The third-order valence-corrected chi connectivity index (χ3v) is 6.15. The molecule has 206 valence electrons. The number of carbonyl (C=O) groups excluding carboxylic acids is 1. The van der Waals surface area contributed by atoms with Crippen molar-refractivity contribution in [2.24, 2.45) is 10.7 Å². The Kier molecular flexibility index (Phi) is 9.15. The molecular weight excluding hydrogens is 505 g/mol. The number of hydrogen-bond acceptors (Lipinski definition) is 10. The Labute approximate surface area is 225 Å². The summed E-state index contributed by atoms with van der Waals surface area (Å²) >= 11 is 0. The number of hydrogen-bond donors (Lipinski definition) is 2. The topological polar surface area (TPSA) is 146 Å². The van der Waals surface area contributed by atoms with Gasteiger partial charge in [-0.3, -0.25) is 9.79 Å². The van der Waals surface area contributed by atoms with Gasteiger partial charge in [0.2, 0.25) is 5.95 Å². The molecule has 3 aromatic rings. The van der Waals surface area contributed by atoms with Crippen LogP contribution < -0.4 is 20.7 Å². The molecular formula is C26H32FN9O3. The Hall–Kier alpha value is -4.39. The molecule has 1 amide bonds. The lowest BCUT2D eigenvalue weighted by atomic mass is 10.1. The minimum Gasteiger partial charge on any atom is -0.494 e. The van der Waals surface area contributed by atoms with Crippen molar-refractivity contribution in [1.29, 1.82) is 0 Å². The fourth-order valence-corrected chi connectivity index (χ4v) is 4.13. The summed E-state index contributed by atoms with van der Waals surface area (Å²) in [5.41, 5.74) is 8.43. The number of anilines is 1. The van der Waals surface area contributed by atoms with Gasteiger partial charge in [0.15, 0.2) is 11.6 Å². The van der Waals surface area contributed by atoms with Crippen LogP contribution in [0, 0.1) is 12.7 Å². The molecule has 3 heterocycles. The Morgan fingerprint density at radius 2 is 1.97 bits per heavy atom. The fraction of sp³-hybridized carbons (Fsp3) is 0.385. The van der Waals surface area contributed by atoms with Gasteiger partial charge in [0.05, 0.1) is 43.4 Å². The number of aliphatic imine (C=N–C) groups is 1. The lowest BCUT2D eigenvalue weighted by molar-refractivity contribution is -0.117. The number of nitrogens with one attached hydrogen (secondary N) is 1. The van der Waals surface area contributed by atoms with E-state index in [9.17, 15) is 4.79 Å². The third-order valence-electron chi connectivity index (χ3n) is 6.15. The second-order valence-corrected chi connectivity index (χ2v) is 8.99. The summed E-state index contributed by atoms with van der Waals surface area (Å²) < 4.78 is 26.9. The van der Waals surface area contributed by atoms with Gasteiger partial charge in [0.25, 0.3) is 5.91 Å². The van der Waals surface area contributed by atoms with Gasteiger partial charge in [-0.15, -0.1) is 5.10 Å². The molecule has 13 heteroatoms. The predicted octanol–water partition coefficient (Wildman–Crippen LogP) is 1.86. The maximum absolute atomic E-state index is 15.2. The SMILES string of the molecule is COC/C(N)=C(/C=NCc1cnc(N2CCCC2)nc1)C(=O)NCc1c(-n2cc(C)nn2)ccc(OC)c1F. The molecule has 1 fully saturated rings. The number of nitrogens with two attached hydrogens (primary N) is 1. The summed E-state index contributed by atoms with van der Waals surface area (Å²) in [7, 11) is 2.84. The highest BCUT2D eigenvalue weighted by Gasteiger charge is 2.19. The molecule has 0 bridgehead atoms. The Morgan fingerprint density at radius 3 is 2.62 bits per heavy atom. The lowest BCUT2D eigenvalue weighted by Crippen LogP contribution is -2.29. The minimum atomic E-state index is -0.620. The third kappa shape index (κ3) is 6.74. The molecule has 1 aromatic carbocycles. The maximum atomic E-state index is 15.2. The van der Waals surface area contributed by atoms with Crippen molar-refractivity contribution in [2.45, 2.75) is 32.9 Å². The number of carbonyl (C=O) groups is 1. The van der Waals surface area contributed by atoms with Crippen molar-refractivity contribution in [3.63, 3.8) is 0 Å². The summed E-state index contributed by atoms with van der Waals surface area (Å²) in [5.74, 6) is -0.425. The van der Waals surface area contributed by atoms with Gasteiger partial charge < -0.3 is 25.4 Å². The number of aryl methyl sites for hydroxylation is 1. The van der Waals surface area contributed by atoms with Crippen LogP contribution in [0.25, 0.3) is 5.69 Å². The first-order valence-electron chi connectivity index (χ1n) is 12.5. The van der Waals surface area contributed by atoms with E-state index >= 15 is 4.39 Å². The fourth-order valence-electron chi connectivity index (χ4n) is 4.13. The summed E-state index contributed by atoms with van der Waals surface area (Å²) in [6.07, 6.45) is 8.75. The van der Waals surface area contributed by atoms with E-state index in [0.29, 0.717) is 17.3 Å². The quantitative estimate of drug-likeness (QED) is 0.276. The second kappa shape index (κ2) is 12.9. The van der Waals surface area contributed by atoms with Gasteiger partial charge in [-0.05, 0) is 31.9 Å². The van der Waals surface area contributed by atoms with Gasteiger partial charge >= 0.3 is 0 Å². The predicted molar refractivity (Wildman–Crippen MR) is 143 cm³/mol. The highest BCUT2D eigenvalue weighted by Crippen LogP contribution is 2.26. The first-order chi connectivity index (χ1) is 18.9. The zero-order chi connectivity index (χ0) is 27.8. The van der Waals surface area contributed by atoms with E-state index in [1.807, 2.05) is 0 Å². The average Bonchev–Trinajstić information content (AvgIpc) is 3.63. The van der Waals surface area contributed by atoms with Crippen LogP contribution in [-0.4, -0.2) is 71.0 Å². The summed E-state index contributed by atoms with van der Waals surface area (Å²) in [6.45, 7) is 3.78. The summed E-state index contributed by atoms with van der Waals surface area (Å²) in [5, 5.41) is 10.7. The monoisotopic (exact) mass is 537 g/mol. The number of halogens is 1. The molecule has 39 heavy (non-hydrogen) atoms. The van der Waals surface area contributed by atoms with Gasteiger partial charge in [-0.1, -0.05) is 5.21 Å². The lowest BCUT2D eigenvalue weighted by Gasteiger charge is -2.15. The van der Waals surface area contributed by atoms with E-state index in [1.54, 1.807) is 31.6 Å². The molecule has 0 unspecified atom stereocenters. The molecule has 0 aliphatic carbocycles. The van der Waals surface area contributed by atoms with Crippen molar-refractivity contribution in [1.82, 2.24) is 30.3 Å². The zero-order valence-electron chi connectivity index (χ0n) is 22.2. The minimum absolute atomic E-state index is 0.0133. The van der Waals surface area contributed by atoms with Crippen LogP contribution in [0.15, 0.2) is 47.0 Å². The first-order valence-corrected chi connectivity index (χ1v) is 12.5. The van der Waals surface area contributed by atoms with Crippen LogP contribution in [0.1, 0.15) is 29.7 Å². The summed E-state index contributed by atoms with van der Waals surface area (Å²) in [4.78, 5) is 28.5. The molecule has 0 atom stereocenters. The highest BCUT2D eigenvalue weighted by atomic mass is 19.1. The molecule has 12 nitrogen and oxygen atoms in total. The Balaban J connectivity index is 1.49. The van der Waals surface area contributed by atoms with Gasteiger partial charge in [0, 0.05) is 62.2 Å². The molecule has 1 aliphatic rings. The molecule has 0 saturated carbocycles. The zero-order valence-corrected chi connectivity index (χ0v) is 22.2. The molecule has 0 radical (unpaired) electrons. The number of methoxy groups -OCH3 is 2. The van der Waals surface area contributed by atoms with E-state index in [2.05, 4.69) is 35.5 Å². The van der Waals surface area contributed by atoms with Gasteiger partial charge in [-0.2, -0.15) is 0 Å². The second-order valence-electron chi connectivity index (χ2n) is 8.99. The van der Waals surface area contributed by atoms with Gasteiger partial charge in [-0.25, -0.2) is 19.0 Å². The van der Waals surface area contributed by atoms with E-state index in [4.69, 9.17) is 15.2 Å². The molecule has 1 aliphatic heterocycles. The maximum Gasteiger partial charge on any atom is 0.254 e. The van der Waals surface area contributed by atoms with E-state index < -0.39 is 11.7 Å². The largest absolute Gasteiger partial charge is 0.494 e. The van der Waals surface area contributed by atoms with Crippen molar-refractivity contribution in [3.8, 4) is 11.4 Å². The first kappa shape index (κ1) is 27.6. The molecule has 2 aromatic heterocycles. The number of amides is 1. The van der Waals surface area contributed by atoms with Crippen molar-refractivity contribution in [3.05, 3.63) is 64.6 Å². The van der Waals surface area contributed by atoms with Gasteiger partial charge in [0.1, 0.15) is 0 Å². The number of benzene rings is 1. The van der Waals surface area contributed by atoms with Crippen LogP contribution in [0.3, 0.4) is 0 Å². The molecule has 0 spiro atoms. The smallest absolute Gasteiger partial charge is 0.254 e. The number of aromatic nitrogens is 5. The standard InChI is InChI=1S/C26H32FN9O3/c1-17-15-36(34-33-17)22-6-7-23(39-3)24(27)20(22)14-30-25(37)19(21(28)16-38-2)13-29-10-18-11-31-26(32-12-18)35-8-4-5-9-35/h6-7,11-13,15H,4-5,8-10,14,16,28H2,1-3H3,(H,30,37)/b21-19+,29-13?. The number of ether oxygens (including phenoxy) is 2. The van der Waals surface area contributed by atoms with Crippen molar-refractivity contribution in [2.75, 3.05) is 38.8 Å². The highest BCUT2D eigenvalue weighted by molar-refractivity contribution is 6.12. The Morgan fingerprint density at radius 1 is 1.23 bits per heavy atom. The van der Waals surface area contributed by atoms with E-state index in [1.165, 1.54) is 31.2 Å². The number of nitrogens with zero attached hydrogens (tertiary/aromatic N) is 7. The van der Waals surface area contributed by atoms with Crippen LogP contribution in [0.5, 0.6) is 5.75 Å². The van der Waals surface area contributed by atoms with Crippen LogP contribution >= 0.6 is 0 Å². The van der Waals surface area contributed by atoms with E-state index in [0.717, 1.165) is 31.5 Å². The normalized spacial score (nSPS) is 14.1. The van der Waals surface area contributed by atoms with Crippen LogP contribution in [-0.2, 0) is 22.6 Å². The van der Waals surface area contributed by atoms with Crippen LogP contribution in [0.2, 0.25) is 0 Å². The van der Waals surface area contributed by atoms with Crippen molar-refractivity contribution >= 4 is 18.1 Å². The van der Waals surface area contributed by atoms with Crippen LogP contribution in [0.4, 0.5) is 10.3 Å². The average molecular weight is 538 g/mol. The van der Waals surface area contributed by atoms with E-state index in [-0.39, 0.29) is 42.3 Å². The molecule has 1 saturated heterocycles. The molecule has 3 N–H and O–H groups in total.